The number of rotatable bonds is 4. The molecule has 0 amide bonds. The molecule has 4 heterocycles. The van der Waals surface area contributed by atoms with E-state index in [9.17, 15) is 13.7 Å². The molecule has 0 spiro atoms. The summed E-state index contributed by atoms with van der Waals surface area (Å²) in [5.41, 5.74) is 1.82. The maximum Gasteiger partial charge on any atom is 0.213 e. The van der Waals surface area contributed by atoms with Crippen LogP contribution in [-0.4, -0.2) is 51.8 Å². The lowest BCUT2D eigenvalue weighted by Crippen LogP contribution is -2.63. The van der Waals surface area contributed by atoms with E-state index < -0.39 is 15.6 Å². The molecule has 0 radical (unpaired) electrons. The summed E-state index contributed by atoms with van der Waals surface area (Å²) in [4.78, 5) is 10.8. The van der Waals surface area contributed by atoms with Crippen LogP contribution in [0.4, 0.5) is 5.69 Å². The molecule has 1 fully saturated rings. The molecule has 9 nitrogen and oxygen atoms in total. The molecule has 0 bridgehead atoms. The highest BCUT2D eigenvalue weighted by molar-refractivity contribution is 7.88. The minimum Gasteiger partial charge on any atom is -0.346 e. The van der Waals surface area contributed by atoms with Gasteiger partial charge in [0, 0.05) is 48.2 Å². The van der Waals surface area contributed by atoms with Gasteiger partial charge in [-0.05, 0) is 6.07 Å². The summed E-state index contributed by atoms with van der Waals surface area (Å²) in [6.45, 7) is 7.83. The van der Waals surface area contributed by atoms with Crippen LogP contribution in [0, 0.1) is 17.9 Å². The first-order valence-electron chi connectivity index (χ1n) is 8.09. The van der Waals surface area contributed by atoms with E-state index in [4.69, 9.17) is 6.57 Å². The van der Waals surface area contributed by atoms with E-state index in [1.165, 1.54) is 10.5 Å². The van der Waals surface area contributed by atoms with Gasteiger partial charge in [0.1, 0.15) is 11.2 Å². The normalized spacial score (nSPS) is 16.6. The van der Waals surface area contributed by atoms with Gasteiger partial charge in [0.15, 0.2) is 0 Å². The number of hydrogen-bond acceptors (Lipinski definition) is 5. The van der Waals surface area contributed by atoms with Crippen molar-refractivity contribution in [3.8, 4) is 17.2 Å². The third-order valence-corrected chi connectivity index (χ3v) is 6.06. The number of fused-ring (bicyclic) bond motifs is 1. The van der Waals surface area contributed by atoms with Crippen molar-refractivity contribution in [3.63, 3.8) is 0 Å². The molecule has 0 atom stereocenters. The Morgan fingerprint density at radius 1 is 1.44 bits per heavy atom. The van der Waals surface area contributed by atoms with Crippen LogP contribution in [0.3, 0.4) is 0 Å². The highest BCUT2D eigenvalue weighted by atomic mass is 32.2. The molecule has 0 saturated carbocycles. The lowest BCUT2D eigenvalue weighted by Gasteiger charge is -2.47. The molecule has 1 aliphatic heterocycles. The summed E-state index contributed by atoms with van der Waals surface area (Å²) < 4.78 is 26.4. The Labute approximate surface area is 155 Å². The van der Waals surface area contributed by atoms with Crippen molar-refractivity contribution in [2.45, 2.75) is 12.0 Å². The maximum absolute atomic E-state index is 11.7. The smallest absolute Gasteiger partial charge is 0.213 e. The number of pyridine rings is 1. The predicted molar refractivity (Wildman–Crippen MR) is 98.2 cm³/mol. The molecule has 0 aromatic carbocycles. The van der Waals surface area contributed by atoms with E-state index in [0.717, 1.165) is 17.2 Å². The van der Waals surface area contributed by atoms with Gasteiger partial charge in [0.25, 0.3) is 0 Å². The van der Waals surface area contributed by atoms with Crippen molar-refractivity contribution in [3.05, 3.63) is 42.3 Å². The fourth-order valence-corrected chi connectivity index (χ4v) is 4.38. The zero-order valence-corrected chi connectivity index (χ0v) is 15.2. The van der Waals surface area contributed by atoms with Crippen LogP contribution in [0.5, 0.6) is 0 Å². The van der Waals surface area contributed by atoms with Gasteiger partial charge < -0.3 is 4.98 Å². The van der Waals surface area contributed by atoms with Crippen molar-refractivity contribution in [1.29, 1.82) is 5.26 Å². The first-order chi connectivity index (χ1) is 12.9. The first-order valence-corrected chi connectivity index (χ1v) is 9.94. The third-order valence-electron chi connectivity index (χ3n) is 4.86. The Kier molecular flexibility index (Phi) is 3.77. The summed E-state index contributed by atoms with van der Waals surface area (Å²) in [5.74, 6) is 0. The fourth-order valence-electron chi connectivity index (χ4n) is 3.43. The van der Waals surface area contributed by atoms with Gasteiger partial charge in [-0.15, -0.1) is 0 Å². The average Bonchev–Trinajstić information content (AvgIpc) is 3.24. The van der Waals surface area contributed by atoms with E-state index >= 15 is 0 Å². The van der Waals surface area contributed by atoms with Crippen LogP contribution in [0.1, 0.15) is 6.42 Å². The van der Waals surface area contributed by atoms with Crippen molar-refractivity contribution in [2.75, 3.05) is 19.3 Å². The summed E-state index contributed by atoms with van der Waals surface area (Å²) in [6, 6.07) is 3.98. The monoisotopic (exact) mass is 381 g/mol. The van der Waals surface area contributed by atoms with Crippen molar-refractivity contribution >= 4 is 26.7 Å². The average molecular weight is 381 g/mol. The van der Waals surface area contributed by atoms with Gasteiger partial charge in [0.2, 0.25) is 15.7 Å². The molecule has 0 aliphatic carbocycles. The Bertz CT molecular complexity index is 1220. The minimum atomic E-state index is -3.31. The van der Waals surface area contributed by atoms with Gasteiger partial charge in [-0.25, -0.2) is 13.3 Å². The Hall–Kier alpha value is -3.21. The number of nitrogens with one attached hydrogen (secondary N) is 1. The van der Waals surface area contributed by atoms with E-state index in [0.29, 0.717) is 16.9 Å². The molecular formula is C17H15N7O2S. The van der Waals surface area contributed by atoms with Gasteiger partial charge in [-0.1, -0.05) is 0 Å². The van der Waals surface area contributed by atoms with Crippen LogP contribution in [0.15, 0.2) is 30.9 Å². The van der Waals surface area contributed by atoms with Crippen molar-refractivity contribution in [1.82, 2.24) is 24.1 Å². The molecule has 136 valence electrons. The second-order valence-electron chi connectivity index (χ2n) is 6.63. The second kappa shape index (κ2) is 5.91. The number of nitriles is 1. The Balaban J connectivity index is 1.78. The van der Waals surface area contributed by atoms with Crippen LogP contribution >= 0.6 is 0 Å². The molecule has 1 aliphatic rings. The fraction of sp³-hybridized carbons (Fsp3) is 0.294. The van der Waals surface area contributed by atoms with Crippen LogP contribution in [-0.2, 0) is 15.6 Å². The summed E-state index contributed by atoms with van der Waals surface area (Å²) in [5, 5.41) is 14.4. The standard InChI is InChI=1S/C17H15N7O2S/c1-19-14-8-21-16-13(3-6-20-16)15(14)12-7-22-24(9-12)17(4-5-18)10-23(11-17)27(2,25)26/h3,6-9H,4,10-11H2,2H3,(H,20,21). The predicted octanol–water partition coefficient (Wildman–Crippen LogP) is 1.86. The lowest BCUT2D eigenvalue weighted by atomic mass is 9.89. The maximum atomic E-state index is 11.7. The molecule has 1 saturated heterocycles. The third kappa shape index (κ3) is 2.67. The summed E-state index contributed by atoms with van der Waals surface area (Å²) in [7, 11) is -3.31. The first kappa shape index (κ1) is 17.2. The van der Waals surface area contributed by atoms with E-state index in [1.54, 1.807) is 23.3 Å². The molecule has 10 heteroatoms. The van der Waals surface area contributed by atoms with Crippen LogP contribution < -0.4 is 0 Å². The van der Waals surface area contributed by atoms with Gasteiger partial charge >= 0.3 is 0 Å². The SMILES string of the molecule is [C-]#[N+]c1cnc2[nH]ccc2c1-c1cnn(C2(CC#N)CN(S(C)(=O)=O)C2)c1. The van der Waals surface area contributed by atoms with E-state index in [-0.39, 0.29) is 19.5 Å². The zero-order valence-electron chi connectivity index (χ0n) is 14.4. The lowest BCUT2D eigenvalue weighted by molar-refractivity contribution is 0.0724. The Morgan fingerprint density at radius 2 is 2.22 bits per heavy atom. The highest BCUT2D eigenvalue weighted by Crippen LogP contribution is 2.39. The largest absolute Gasteiger partial charge is 0.346 e. The van der Waals surface area contributed by atoms with Gasteiger partial charge in [0.05, 0.1) is 31.5 Å². The quantitative estimate of drug-likeness (QED) is 0.693. The van der Waals surface area contributed by atoms with E-state index in [1.807, 2.05) is 6.07 Å². The number of aromatic nitrogens is 4. The minimum absolute atomic E-state index is 0.145. The van der Waals surface area contributed by atoms with E-state index in [2.05, 4.69) is 26.0 Å². The second-order valence-corrected chi connectivity index (χ2v) is 8.62. The number of hydrogen-bond donors (Lipinski definition) is 1. The zero-order chi connectivity index (χ0) is 19.2. The van der Waals surface area contributed by atoms with Crippen LogP contribution in [0.25, 0.3) is 27.0 Å². The molecular weight excluding hydrogens is 366 g/mol. The highest BCUT2D eigenvalue weighted by Gasteiger charge is 2.49. The summed E-state index contributed by atoms with van der Waals surface area (Å²) in [6.07, 6.45) is 7.97. The topological polar surface area (TPSA) is 112 Å². The van der Waals surface area contributed by atoms with Gasteiger partial charge in [-0.2, -0.15) is 14.7 Å². The number of aromatic amines is 1. The Morgan fingerprint density at radius 3 is 2.89 bits per heavy atom. The summed E-state index contributed by atoms with van der Waals surface area (Å²) >= 11 is 0. The van der Waals surface area contributed by atoms with Crippen LogP contribution in [0.2, 0.25) is 0 Å². The number of nitrogens with zero attached hydrogens (tertiary/aromatic N) is 6. The van der Waals surface area contributed by atoms with Gasteiger partial charge in [-0.3, -0.25) is 9.67 Å². The molecule has 4 rings (SSSR count). The number of sulfonamides is 1. The van der Waals surface area contributed by atoms with Crippen molar-refractivity contribution < 1.29 is 8.42 Å². The molecule has 1 N–H and O–H groups in total. The molecule has 3 aromatic rings. The molecule has 3 aromatic heterocycles. The van der Waals surface area contributed by atoms with Crippen molar-refractivity contribution in [2.24, 2.45) is 0 Å². The molecule has 27 heavy (non-hydrogen) atoms. The number of H-pyrrole nitrogens is 1. The molecule has 0 unspecified atom stereocenters.